The molecule has 108 valence electrons. The molecule has 1 aliphatic rings. The standard InChI is InChI=1S/C14H18N2O4/c1-2-19-14(18)10-3-5-11(6-4-10)16-13(17)12-9-15-7-8-20-12/h3-6,12,15H,2,7-9H2,1H3,(H,16,17). The van der Waals surface area contributed by atoms with E-state index < -0.39 is 6.10 Å². The van der Waals surface area contributed by atoms with Crippen LogP contribution in [0, 0.1) is 0 Å². The molecule has 1 atom stereocenters. The number of carbonyl (C=O) groups excluding carboxylic acids is 2. The maximum Gasteiger partial charge on any atom is 0.338 e. The van der Waals surface area contributed by atoms with E-state index in [-0.39, 0.29) is 11.9 Å². The van der Waals surface area contributed by atoms with Gasteiger partial charge in [0.25, 0.3) is 5.91 Å². The zero-order valence-electron chi connectivity index (χ0n) is 11.3. The molecule has 2 N–H and O–H groups in total. The van der Waals surface area contributed by atoms with Crippen LogP contribution in [0.1, 0.15) is 17.3 Å². The first-order valence-corrected chi connectivity index (χ1v) is 6.61. The summed E-state index contributed by atoms with van der Waals surface area (Å²) in [6.07, 6.45) is -0.478. The third kappa shape index (κ3) is 3.79. The normalized spacial score (nSPS) is 18.4. The second-order valence-electron chi connectivity index (χ2n) is 4.35. The molecule has 6 heteroatoms. The van der Waals surface area contributed by atoms with Crippen molar-refractivity contribution in [2.24, 2.45) is 0 Å². The SMILES string of the molecule is CCOC(=O)c1ccc(NC(=O)C2CNCCO2)cc1. The molecule has 1 aromatic rings. The van der Waals surface area contributed by atoms with Gasteiger partial charge in [-0.25, -0.2) is 4.79 Å². The highest BCUT2D eigenvalue weighted by molar-refractivity contribution is 5.95. The average Bonchev–Trinajstić information content (AvgIpc) is 2.49. The van der Waals surface area contributed by atoms with Crippen LogP contribution >= 0.6 is 0 Å². The molecule has 1 saturated heterocycles. The smallest absolute Gasteiger partial charge is 0.338 e. The van der Waals surface area contributed by atoms with E-state index in [1.807, 2.05) is 0 Å². The first-order chi connectivity index (χ1) is 9.70. The van der Waals surface area contributed by atoms with E-state index in [0.29, 0.717) is 31.0 Å². The Morgan fingerprint density at radius 2 is 2.15 bits per heavy atom. The minimum atomic E-state index is -0.478. The summed E-state index contributed by atoms with van der Waals surface area (Å²) in [7, 11) is 0. The lowest BCUT2D eigenvalue weighted by Crippen LogP contribution is -2.45. The molecular formula is C14H18N2O4. The van der Waals surface area contributed by atoms with Gasteiger partial charge >= 0.3 is 5.97 Å². The van der Waals surface area contributed by atoms with Gasteiger partial charge in [-0.15, -0.1) is 0 Å². The minimum Gasteiger partial charge on any atom is -0.462 e. The molecule has 1 aromatic carbocycles. The molecule has 2 rings (SSSR count). The Hall–Kier alpha value is -1.92. The van der Waals surface area contributed by atoms with Gasteiger partial charge in [0.05, 0.1) is 18.8 Å². The van der Waals surface area contributed by atoms with Crippen LogP contribution in [-0.4, -0.2) is 44.3 Å². The van der Waals surface area contributed by atoms with Crippen LogP contribution in [0.5, 0.6) is 0 Å². The van der Waals surface area contributed by atoms with Gasteiger partial charge in [-0.3, -0.25) is 4.79 Å². The number of amides is 1. The lowest BCUT2D eigenvalue weighted by molar-refractivity contribution is -0.128. The number of carbonyl (C=O) groups is 2. The van der Waals surface area contributed by atoms with E-state index in [1.165, 1.54) is 0 Å². The van der Waals surface area contributed by atoms with Crippen molar-refractivity contribution in [2.75, 3.05) is 31.6 Å². The monoisotopic (exact) mass is 278 g/mol. The fourth-order valence-electron chi connectivity index (χ4n) is 1.86. The Labute approximate surface area is 117 Å². The lowest BCUT2D eigenvalue weighted by atomic mass is 10.2. The first kappa shape index (κ1) is 14.5. The molecule has 1 fully saturated rings. The molecule has 0 bridgehead atoms. The number of morpholine rings is 1. The summed E-state index contributed by atoms with van der Waals surface area (Å²) in [5.41, 5.74) is 1.08. The van der Waals surface area contributed by atoms with Gasteiger partial charge in [0.1, 0.15) is 6.10 Å². The molecule has 0 spiro atoms. The fraction of sp³-hybridized carbons (Fsp3) is 0.429. The van der Waals surface area contributed by atoms with E-state index in [4.69, 9.17) is 9.47 Å². The third-order valence-electron chi connectivity index (χ3n) is 2.88. The zero-order chi connectivity index (χ0) is 14.4. The number of esters is 1. The minimum absolute atomic E-state index is 0.193. The van der Waals surface area contributed by atoms with Gasteiger partial charge in [0, 0.05) is 18.8 Å². The summed E-state index contributed by atoms with van der Waals surface area (Å²) < 4.78 is 10.2. The number of anilines is 1. The van der Waals surface area contributed by atoms with Crippen LogP contribution < -0.4 is 10.6 Å². The molecule has 1 amide bonds. The largest absolute Gasteiger partial charge is 0.462 e. The van der Waals surface area contributed by atoms with Crippen LogP contribution in [-0.2, 0) is 14.3 Å². The summed E-state index contributed by atoms with van der Waals surface area (Å²) in [5, 5.41) is 5.85. The molecule has 1 unspecified atom stereocenters. The van der Waals surface area contributed by atoms with Crippen molar-refractivity contribution in [1.82, 2.24) is 5.32 Å². The maximum absolute atomic E-state index is 11.9. The molecule has 0 radical (unpaired) electrons. The van der Waals surface area contributed by atoms with Crippen LogP contribution in [0.3, 0.4) is 0 Å². The predicted molar refractivity (Wildman–Crippen MR) is 73.6 cm³/mol. The Balaban J connectivity index is 1.92. The summed E-state index contributed by atoms with van der Waals surface area (Å²) >= 11 is 0. The number of nitrogens with one attached hydrogen (secondary N) is 2. The number of benzene rings is 1. The molecule has 6 nitrogen and oxygen atoms in total. The Kier molecular flexibility index (Phi) is 5.09. The number of hydrogen-bond donors (Lipinski definition) is 2. The van der Waals surface area contributed by atoms with Gasteiger partial charge < -0.3 is 20.1 Å². The van der Waals surface area contributed by atoms with E-state index in [2.05, 4.69) is 10.6 Å². The molecule has 20 heavy (non-hydrogen) atoms. The second kappa shape index (κ2) is 7.02. The second-order valence-corrected chi connectivity index (χ2v) is 4.35. The van der Waals surface area contributed by atoms with Crippen molar-refractivity contribution < 1.29 is 19.1 Å². The highest BCUT2D eigenvalue weighted by Gasteiger charge is 2.21. The number of rotatable bonds is 4. The number of hydrogen-bond acceptors (Lipinski definition) is 5. The summed E-state index contributed by atoms with van der Waals surface area (Å²) in [5.74, 6) is -0.564. The van der Waals surface area contributed by atoms with Crippen molar-refractivity contribution in [3.63, 3.8) is 0 Å². The molecule has 1 heterocycles. The highest BCUT2D eigenvalue weighted by Crippen LogP contribution is 2.11. The highest BCUT2D eigenvalue weighted by atomic mass is 16.5. The maximum atomic E-state index is 11.9. The summed E-state index contributed by atoms with van der Waals surface area (Å²) in [6.45, 7) is 3.89. The molecule has 0 aliphatic carbocycles. The quantitative estimate of drug-likeness (QED) is 0.796. The Morgan fingerprint density at radius 3 is 2.75 bits per heavy atom. The van der Waals surface area contributed by atoms with Crippen molar-refractivity contribution in [3.05, 3.63) is 29.8 Å². The Morgan fingerprint density at radius 1 is 1.40 bits per heavy atom. The Bertz CT molecular complexity index is 467. The molecule has 0 aromatic heterocycles. The predicted octanol–water partition coefficient (Wildman–Crippen LogP) is 0.790. The lowest BCUT2D eigenvalue weighted by Gasteiger charge is -2.22. The number of ether oxygens (including phenoxy) is 2. The van der Waals surface area contributed by atoms with Crippen LogP contribution in [0.4, 0.5) is 5.69 Å². The van der Waals surface area contributed by atoms with E-state index in [0.717, 1.165) is 6.54 Å². The van der Waals surface area contributed by atoms with Gasteiger partial charge in [0.2, 0.25) is 0 Å². The molecular weight excluding hydrogens is 260 g/mol. The zero-order valence-corrected chi connectivity index (χ0v) is 11.3. The van der Waals surface area contributed by atoms with Gasteiger partial charge in [-0.05, 0) is 31.2 Å². The van der Waals surface area contributed by atoms with Crippen LogP contribution in [0.25, 0.3) is 0 Å². The summed E-state index contributed by atoms with van der Waals surface area (Å²) in [6, 6.07) is 6.57. The fourth-order valence-corrected chi connectivity index (χ4v) is 1.86. The third-order valence-corrected chi connectivity index (χ3v) is 2.88. The van der Waals surface area contributed by atoms with Crippen molar-refractivity contribution >= 4 is 17.6 Å². The summed E-state index contributed by atoms with van der Waals surface area (Å²) in [4.78, 5) is 23.4. The van der Waals surface area contributed by atoms with E-state index >= 15 is 0 Å². The molecule has 0 saturated carbocycles. The van der Waals surface area contributed by atoms with Gasteiger partial charge in [0.15, 0.2) is 0 Å². The van der Waals surface area contributed by atoms with E-state index in [9.17, 15) is 9.59 Å². The topological polar surface area (TPSA) is 76.7 Å². The van der Waals surface area contributed by atoms with Crippen LogP contribution in [0.15, 0.2) is 24.3 Å². The van der Waals surface area contributed by atoms with Crippen molar-refractivity contribution in [1.29, 1.82) is 0 Å². The first-order valence-electron chi connectivity index (χ1n) is 6.61. The molecule has 1 aliphatic heterocycles. The van der Waals surface area contributed by atoms with E-state index in [1.54, 1.807) is 31.2 Å². The average molecular weight is 278 g/mol. The van der Waals surface area contributed by atoms with Gasteiger partial charge in [-0.2, -0.15) is 0 Å². The van der Waals surface area contributed by atoms with Crippen molar-refractivity contribution in [3.8, 4) is 0 Å². The van der Waals surface area contributed by atoms with Gasteiger partial charge in [-0.1, -0.05) is 0 Å². The van der Waals surface area contributed by atoms with Crippen LogP contribution in [0.2, 0.25) is 0 Å². The van der Waals surface area contributed by atoms with Crippen molar-refractivity contribution in [2.45, 2.75) is 13.0 Å².